The van der Waals surface area contributed by atoms with Crippen LogP contribution in [0, 0.1) is 0 Å². The van der Waals surface area contributed by atoms with Gasteiger partial charge < -0.3 is 4.74 Å². The zero-order chi connectivity index (χ0) is 25.4. The van der Waals surface area contributed by atoms with E-state index in [2.05, 4.69) is 4.98 Å². The van der Waals surface area contributed by atoms with E-state index in [0.717, 1.165) is 0 Å². The predicted octanol–water partition coefficient (Wildman–Crippen LogP) is 6.11. The van der Waals surface area contributed by atoms with Crippen LogP contribution in [-0.4, -0.2) is 22.9 Å². The summed E-state index contributed by atoms with van der Waals surface area (Å²) in [6, 6.07) is 0.542. The van der Waals surface area contributed by atoms with Gasteiger partial charge in [-0.1, -0.05) is 11.6 Å². The number of nitrogens with zero attached hydrogens (tertiary/aromatic N) is 3. The Morgan fingerprint density at radius 2 is 1.61 bits per heavy atom. The number of halogens is 10. The average Bonchev–Trinajstić information content (AvgIpc) is 2.68. The third-order valence-corrected chi connectivity index (χ3v) is 4.61. The molecule has 0 N–H and O–H groups in total. The molecule has 0 aliphatic carbocycles. The van der Waals surface area contributed by atoms with Crippen molar-refractivity contribution in [3.8, 4) is 0 Å². The standard InChI is InChI=1S/C18H15ClF9N3O2/c1-3-30-14(32)12(19)13(18(26,27)28)29-15(30)31(8-33-4-2)11-6-5-9(16(20,21)22)7-10(11)17(23,24)25/h5-7H,3-4,8H2,1-2H3. The van der Waals surface area contributed by atoms with Crippen molar-refractivity contribution in [2.24, 2.45) is 0 Å². The Kier molecular flexibility index (Phi) is 7.63. The van der Waals surface area contributed by atoms with Gasteiger partial charge in [-0.05, 0) is 32.0 Å². The number of benzene rings is 1. The molecule has 0 spiro atoms. The van der Waals surface area contributed by atoms with E-state index in [9.17, 15) is 44.3 Å². The van der Waals surface area contributed by atoms with Gasteiger partial charge in [0.1, 0.15) is 11.8 Å². The zero-order valence-electron chi connectivity index (χ0n) is 16.8. The van der Waals surface area contributed by atoms with Gasteiger partial charge in [0.15, 0.2) is 5.69 Å². The second-order valence-electron chi connectivity index (χ2n) is 6.40. The predicted molar refractivity (Wildman–Crippen MR) is 99.3 cm³/mol. The van der Waals surface area contributed by atoms with E-state index in [1.165, 1.54) is 13.8 Å². The van der Waals surface area contributed by atoms with Gasteiger partial charge in [0.2, 0.25) is 5.95 Å². The van der Waals surface area contributed by atoms with E-state index in [0.29, 0.717) is 21.6 Å². The summed E-state index contributed by atoms with van der Waals surface area (Å²) in [4.78, 5) is 16.1. The summed E-state index contributed by atoms with van der Waals surface area (Å²) < 4.78 is 126. The lowest BCUT2D eigenvalue weighted by Crippen LogP contribution is -2.35. The van der Waals surface area contributed by atoms with Gasteiger partial charge in [-0.25, -0.2) is 4.98 Å². The van der Waals surface area contributed by atoms with Crippen LogP contribution >= 0.6 is 11.6 Å². The molecule has 0 bridgehead atoms. The highest BCUT2D eigenvalue weighted by molar-refractivity contribution is 6.31. The van der Waals surface area contributed by atoms with Crippen LogP contribution in [0.4, 0.5) is 51.1 Å². The summed E-state index contributed by atoms with van der Waals surface area (Å²) in [7, 11) is 0. The molecular formula is C18H15ClF9N3O2. The number of hydrogen-bond acceptors (Lipinski definition) is 4. The lowest BCUT2D eigenvalue weighted by atomic mass is 10.1. The average molecular weight is 512 g/mol. The van der Waals surface area contributed by atoms with Gasteiger partial charge in [0.05, 0.1) is 16.8 Å². The molecule has 2 rings (SSSR count). The van der Waals surface area contributed by atoms with Crippen LogP contribution in [0.15, 0.2) is 23.0 Å². The normalized spacial score (nSPS) is 12.8. The van der Waals surface area contributed by atoms with E-state index in [1.54, 1.807) is 0 Å². The fourth-order valence-corrected chi connectivity index (χ4v) is 3.04. The van der Waals surface area contributed by atoms with Crippen LogP contribution in [0.5, 0.6) is 0 Å². The van der Waals surface area contributed by atoms with Crippen molar-refractivity contribution < 1.29 is 44.3 Å². The molecule has 0 aliphatic heterocycles. The molecule has 0 unspecified atom stereocenters. The van der Waals surface area contributed by atoms with E-state index >= 15 is 0 Å². The van der Waals surface area contributed by atoms with Crippen molar-refractivity contribution in [2.75, 3.05) is 18.2 Å². The second-order valence-corrected chi connectivity index (χ2v) is 6.78. The quantitative estimate of drug-likeness (QED) is 0.347. The van der Waals surface area contributed by atoms with Crippen LogP contribution in [0.1, 0.15) is 30.7 Å². The zero-order valence-corrected chi connectivity index (χ0v) is 17.5. The summed E-state index contributed by atoms with van der Waals surface area (Å²) in [5.74, 6) is -0.946. The van der Waals surface area contributed by atoms with Gasteiger partial charge in [-0.15, -0.1) is 0 Å². The molecule has 15 heteroatoms. The molecule has 0 amide bonds. The molecule has 2 aromatic rings. The summed E-state index contributed by atoms with van der Waals surface area (Å²) in [6.07, 6.45) is -15.7. The smallest absolute Gasteiger partial charge is 0.361 e. The molecule has 1 aromatic heterocycles. The Hall–Kier alpha value is -2.48. The molecule has 0 atom stereocenters. The highest BCUT2D eigenvalue weighted by Crippen LogP contribution is 2.43. The first-order valence-corrected chi connectivity index (χ1v) is 9.43. The first-order valence-electron chi connectivity index (χ1n) is 9.05. The Balaban J connectivity index is 2.92. The van der Waals surface area contributed by atoms with E-state index in [-0.39, 0.29) is 19.2 Å². The third-order valence-electron chi connectivity index (χ3n) is 4.26. The lowest BCUT2D eigenvalue weighted by molar-refractivity contribution is -0.143. The van der Waals surface area contributed by atoms with Gasteiger partial charge in [0.25, 0.3) is 5.56 Å². The number of ether oxygens (including phenoxy) is 1. The molecule has 33 heavy (non-hydrogen) atoms. The minimum Gasteiger partial charge on any atom is -0.361 e. The number of hydrogen-bond donors (Lipinski definition) is 0. The van der Waals surface area contributed by atoms with Crippen LogP contribution in [0.2, 0.25) is 5.02 Å². The van der Waals surface area contributed by atoms with Gasteiger partial charge >= 0.3 is 18.5 Å². The van der Waals surface area contributed by atoms with Crippen molar-refractivity contribution in [3.05, 3.63) is 50.4 Å². The summed E-state index contributed by atoms with van der Waals surface area (Å²) in [6.45, 7) is 1.33. The summed E-state index contributed by atoms with van der Waals surface area (Å²) >= 11 is 5.49. The van der Waals surface area contributed by atoms with Crippen LogP contribution in [0.3, 0.4) is 0 Å². The van der Waals surface area contributed by atoms with Gasteiger partial charge in [-0.3, -0.25) is 14.3 Å². The van der Waals surface area contributed by atoms with Crippen LogP contribution < -0.4 is 10.5 Å². The van der Waals surface area contributed by atoms with E-state index in [4.69, 9.17) is 16.3 Å². The van der Waals surface area contributed by atoms with Crippen molar-refractivity contribution in [2.45, 2.75) is 38.9 Å². The maximum Gasteiger partial charge on any atom is 0.435 e. The molecule has 1 heterocycles. The molecule has 0 aliphatic rings. The number of anilines is 2. The summed E-state index contributed by atoms with van der Waals surface area (Å²) in [5.41, 5.74) is -7.73. The minimum atomic E-state index is -5.35. The van der Waals surface area contributed by atoms with E-state index < -0.39 is 64.3 Å². The number of aromatic nitrogens is 2. The molecule has 0 fully saturated rings. The highest BCUT2D eigenvalue weighted by Gasteiger charge is 2.42. The van der Waals surface area contributed by atoms with Crippen molar-refractivity contribution in [1.82, 2.24) is 9.55 Å². The maximum absolute atomic E-state index is 13.7. The molecule has 0 radical (unpaired) electrons. The molecule has 0 saturated carbocycles. The van der Waals surface area contributed by atoms with Crippen molar-refractivity contribution >= 4 is 23.2 Å². The molecule has 0 saturated heterocycles. The fraction of sp³-hybridized carbons (Fsp3) is 0.444. The SMILES string of the molecule is CCOCN(c1ccc(C(F)(F)F)cc1C(F)(F)F)c1nc(C(F)(F)F)c(Cl)c(=O)n1CC. The van der Waals surface area contributed by atoms with E-state index in [1.807, 2.05) is 0 Å². The largest absolute Gasteiger partial charge is 0.435 e. The molecule has 1 aromatic carbocycles. The Morgan fingerprint density at radius 1 is 1.00 bits per heavy atom. The van der Waals surface area contributed by atoms with Gasteiger partial charge in [-0.2, -0.15) is 39.5 Å². The van der Waals surface area contributed by atoms with Crippen LogP contribution in [0.25, 0.3) is 0 Å². The van der Waals surface area contributed by atoms with Crippen LogP contribution in [-0.2, 0) is 29.8 Å². The first-order chi connectivity index (χ1) is 15.0. The molecule has 184 valence electrons. The highest BCUT2D eigenvalue weighted by atomic mass is 35.5. The Labute approximate surface area is 185 Å². The second kappa shape index (κ2) is 9.41. The fourth-order valence-electron chi connectivity index (χ4n) is 2.79. The number of rotatable bonds is 6. The minimum absolute atomic E-state index is 0.130. The van der Waals surface area contributed by atoms with Gasteiger partial charge in [0, 0.05) is 13.2 Å². The first kappa shape index (κ1) is 26.8. The van der Waals surface area contributed by atoms with Crippen molar-refractivity contribution in [1.29, 1.82) is 0 Å². The topological polar surface area (TPSA) is 47.4 Å². The van der Waals surface area contributed by atoms with Crippen molar-refractivity contribution in [3.63, 3.8) is 0 Å². The Morgan fingerprint density at radius 3 is 2.06 bits per heavy atom. The lowest BCUT2D eigenvalue weighted by Gasteiger charge is -2.29. The molecular weight excluding hydrogens is 497 g/mol. The third kappa shape index (κ3) is 5.72. The molecule has 5 nitrogen and oxygen atoms in total. The maximum atomic E-state index is 13.7. The summed E-state index contributed by atoms with van der Waals surface area (Å²) in [5, 5.41) is -1.31. The monoisotopic (exact) mass is 511 g/mol. The Bertz CT molecular complexity index is 1060. The number of alkyl halides is 9.